The first kappa shape index (κ1) is 21.2. The van der Waals surface area contributed by atoms with Crippen LogP contribution in [0.25, 0.3) is 6.08 Å². The van der Waals surface area contributed by atoms with Gasteiger partial charge in [-0.3, -0.25) is 9.69 Å². The molecule has 31 heavy (non-hydrogen) atoms. The summed E-state index contributed by atoms with van der Waals surface area (Å²) in [6.07, 6.45) is 1.88. The first-order valence-corrected chi connectivity index (χ1v) is 11.0. The molecule has 3 aromatic rings. The number of carbonyl (C=O) groups is 1. The van der Waals surface area contributed by atoms with Crippen molar-refractivity contribution in [2.45, 2.75) is 13.0 Å². The van der Waals surface area contributed by atoms with Crippen LogP contribution in [-0.4, -0.2) is 23.1 Å². The van der Waals surface area contributed by atoms with E-state index in [0.29, 0.717) is 15.1 Å². The Morgan fingerprint density at radius 2 is 1.68 bits per heavy atom. The molecule has 1 saturated heterocycles. The Kier molecular flexibility index (Phi) is 6.44. The zero-order valence-corrected chi connectivity index (χ0v) is 18.7. The molecule has 0 spiro atoms. The summed E-state index contributed by atoms with van der Waals surface area (Å²) in [5.41, 5.74) is 2.72. The number of thioether (sulfide) groups is 1. The van der Waals surface area contributed by atoms with E-state index >= 15 is 0 Å². The molecule has 3 aromatic carbocycles. The predicted octanol–water partition coefficient (Wildman–Crippen LogP) is 6.71. The maximum Gasteiger partial charge on any atom is 0.267 e. The van der Waals surface area contributed by atoms with Crippen molar-refractivity contribution in [2.75, 3.05) is 7.11 Å². The van der Waals surface area contributed by atoms with Crippen LogP contribution in [0.15, 0.2) is 88.8 Å². The molecule has 0 aliphatic carbocycles. The lowest BCUT2D eigenvalue weighted by Crippen LogP contribution is -2.32. The van der Waals surface area contributed by atoms with E-state index in [1.54, 1.807) is 12.0 Å². The molecule has 6 heteroatoms. The molecule has 0 aromatic heterocycles. The molecule has 0 radical (unpaired) electrons. The van der Waals surface area contributed by atoms with Gasteiger partial charge in [0, 0.05) is 5.02 Å². The fourth-order valence-corrected chi connectivity index (χ4v) is 4.46. The number of amidine groups is 1. The summed E-state index contributed by atoms with van der Waals surface area (Å²) in [6.45, 7) is 2.02. The Bertz CT molecular complexity index is 1130. The molecule has 1 atom stereocenters. The third kappa shape index (κ3) is 4.84. The molecule has 156 valence electrons. The highest BCUT2D eigenvalue weighted by Crippen LogP contribution is 2.39. The summed E-state index contributed by atoms with van der Waals surface area (Å²) in [4.78, 5) is 20.6. The lowest BCUT2D eigenvalue weighted by atomic mass is 10.1. The molecule has 1 fully saturated rings. The summed E-state index contributed by atoms with van der Waals surface area (Å²) in [7, 11) is 1.63. The molecule has 1 heterocycles. The van der Waals surface area contributed by atoms with Crippen molar-refractivity contribution < 1.29 is 9.53 Å². The Morgan fingerprint density at radius 3 is 2.32 bits per heavy atom. The maximum atomic E-state index is 13.4. The average molecular weight is 449 g/mol. The van der Waals surface area contributed by atoms with Gasteiger partial charge in [0.15, 0.2) is 5.17 Å². The summed E-state index contributed by atoms with van der Waals surface area (Å²) >= 11 is 7.37. The van der Waals surface area contributed by atoms with E-state index in [9.17, 15) is 4.79 Å². The minimum absolute atomic E-state index is 0.0661. The highest BCUT2D eigenvalue weighted by Gasteiger charge is 2.37. The van der Waals surface area contributed by atoms with Gasteiger partial charge in [0.05, 0.1) is 23.7 Å². The third-order valence-corrected chi connectivity index (χ3v) is 6.21. The van der Waals surface area contributed by atoms with E-state index in [1.807, 2.05) is 91.9 Å². The number of nitrogens with zero attached hydrogens (tertiary/aromatic N) is 2. The number of aliphatic imine (C=N–C) groups is 1. The smallest absolute Gasteiger partial charge is 0.267 e. The molecule has 1 amide bonds. The van der Waals surface area contributed by atoms with E-state index < -0.39 is 0 Å². The predicted molar refractivity (Wildman–Crippen MR) is 129 cm³/mol. The normalized spacial score (nSPS) is 17.4. The van der Waals surface area contributed by atoms with Crippen molar-refractivity contribution in [1.29, 1.82) is 0 Å². The Labute approximate surface area is 191 Å². The first-order chi connectivity index (χ1) is 15.0. The average Bonchev–Trinajstić information content (AvgIpc) is 3.10. The number of benzene rings is 3. The van der Waals surface area contributed by atoms with Gasteiger partial charge in [-0.25, -0.2) is 4.99 Å². The largest absolute Gasteiger partial charge is 0.497 e. The zero-order valence-electron chi connectivity index (χ0n) is 17.2. The second kappa shape index (κ2) is 9.41. The molecule has 0 unspecified atom stereocenters. The lowest BCUT2D eigenvalue weighted by molar-refractivity contribution is -0.123. The number of halogens is 1. The Morgan fingerprint density at radius 1 is 1.00 bits per heavy atom. The topological polar surface area (TPSA) is 41.9 Å². The molecule has 1 aliphatic rings. The lowest BCUT2D eigenvalue weighted by Gasteiger charge is -2.24. The van der Waals surface area contributed by atoms with Crippen LogP contribution in [-0.2, 0) is 4.79 Å². The summed E-state index contributed by atoms with van der Waals surface area (Å²) in [6, 6.07) is 24.7. The van der Waals surface area contributed by atoms with E-state index in [1.165, 1.54) is 11.8 Å². The number of amides is 1. The van der Waals surface area contributed by atoms with Gasteiger partial charge in [0.25, 0.3) is 5.91 Å². The minimum Gasteiger partial charge on any atom is -0.497 e. The Balaban J connectivity index is 1.72. The number of hydrogen-bond donors (Lipinski definition) is 0. The van der Waals surface area contributed by atoms with Gasteiger partial charge >= 0.3 is 0 Å². The Hall–Kier alpha value is -3.02. The number of methoxy groups -OCH3 is 1. The molecule has 0 saturated carbocycles. The van der Waals surface area contributed by atoms with Gasteiger partial charge < -0.3 is 4.74 Å². The van der Waals surface area contributed by atoms with Crippen LogP contribution < -0.4 is 4.74 Å². The molecule has 1 aliphatic heterocycles. The van der Waals surface area contributed by atoms with E-state index in [4.69, 9.17) is 21.3 Å². The second-order valence-electron chi connectivity index (χ2n) is 7.02. The molecule has 4 rings (SSSR count). The van der Waals surface area contributed by atoms with Crippen LogP contribution in [0.1, 0.15) is 24.1 Å². The fourth-order valence-electron chi connectivity index (χ4n) is 3.26. The van der Waals surface area contributed by atoms with Crippen LogP contribution in [0.5, 0.6) is 5.75 Å². The zero-order chi connectivity index (χ0) is 21.8. The molecular formula is C25H21ClN2O2S. The quantitative estimate of drug-likeness (QED) is 0.407. The number of hydrogen-bond acceptors (Lipinski definition) is 4. The standard InChI is InChI=1S/C25H21ClN2O2S/c1-17(19-6-4-3-5-7-19)28-24(29)23(16-18-8-10-20(26)11-9-18)31-25(28)27-21-12-14-22(30-2)15-13-21/h3-17H,1-2H3/b23-16+,27-25?/t17-/m1/s1. The van der Waals surface area contributed by atoms with Crippen LogP contribution in [0.3, 0.4) is 0 Å². The van der Waals surface area contributed by atoms with E-state index in [-0.39, 0.29) is 11.9 Å². The fraction of sp³-hybridized carbons (Fsp3) is 0.120. The van der Waals surface area contributed by atoms with Crippen molar-refractivity contribution in [3.8, 4) is 5.75 Å². The maximum absolute atomic E-state index is 13.4. The number of rotatable bonds is 5. The molecule has 4 nitrogen and oxygen atoms in total. The highest BCUT2D eigenvalue weighted by atomic mass is 35.5. The number of ether oxygens (including phenoxy) is 1. The van der Waals surface area contributed by atoms with Crippen molar-refractivity contribution in [1.82, 2.24) is 4.90 Å². The van der Waals surface area contributed by atoms with Crippen molar-refractivity contribution in [3.63, 3.8) is 0 Å². The number of carbonyl (C=O) groups excluding carboxylic acids is 1. The van der Waals surface area contributed by atoms with Crippen LogP contribution in [0.4, 0.5) is 5.69 Å². The minimum atomic E-state index is -0.158. The second-order valence-corrected chi connectivity index (χ2v) is 8.46. The van der Waals surface area contributed by atoms with Gasteiger partial charge in [-0.2, -0.15) is 0 Å². The first-order valence-electron chi connectivity index (χ1n) is 9.81. The van der Waals surface area contributed by atoms with E-state index in [2.05, 4.69) is 0 Å². The molecule has 0 bridgehead atoms. The third-order valence-electron chi connectivity index (χ3n) is 4.97. The van der Waals surface area contributed by atoms with Gasteiger partial charge in [0.1, 0.15) is 5.75 Å². The summed E-state index contributed by atoms with van der Waals surface area (Å²) in [5.74, 6) is 0.695. The van der Waals surface area contributed by atoms with Crippen molar-refractivity contribution >= 4 is 46.2 Å². The highest BCUT2D eigenvalue weighted by molar-refractivity contribution is 8.18. The SMILES string of the molecule is COc1ccc(N=C2S/C(=C/c3ccc(Cl)cc3)C(=O)N2[C@H](C)c2ccccc2)cc1. The van der Waals surface area contributed by atoms with Crippen molar-refractivity contribution in [3.05, 3.63) is 99.9 Å². The summed E-state index contributed by atoms with van der Waals surface area (Å²) in [5, 5.41) is 1.31. The van der Waals surface area contributed by atoms with E-state index in [0.717, 1.165) is 22.6 Å². The van der Waals surface area contributed by atoms with Gasteiger partial charge in [-0.15, -0.1) is 0 Å². The van der Waals surface area contributed by atoms with Crippen molar-refractivity contribution in [2.24, 2.45) is 4.99 Å². The molecule has 0 N–H and O–H groups in total. The van der Waals surface area contributed by atoms with Crippen LogP contribution in [0, 0.1) is 0 Å². The van der Waals surface area contributed by atoms with Gasteiger partial charge in [0.2, 0.25) is 0 Å². The van der Waals surface area contributed by atoms with Gasteiger partial charge in [-0.1, -0.05) is 54.1 Å². The monoisotopic (exact) mass is 448 g/mol. The van der Waals surface area contributed by atoms with Crippen LogP contribution >= 0.6 is 23.4 Å². The van der Waals surface area contributed by atoms with Crippen LogP contribution in [0.2, 0.25) is 5.02 Å². The van der Waals surface area contributed by atoms with Gasteiger partial charge in [-0.05, 0) is 72.3 Å². The molecular weight excluding hydrogens is 428 g/mol. The summed E-state index contributed by atoms with van der Waals surface area (Å²) < 4.78 is 5.23.